The van der Waals surface area contributed by atoms with Gasteiger partial charge in [0.1, 0.15) is 5.75 Å². The van der Waals surface area contributed by atoms with Gasteiger partial charge >= 0.3 is 0 Å². The van der Waals surface area contributed by atoms with Gasteiger partial charge in [-0.15, -0.1) is 0 Å². The molecule has 0 aliphatic carbocycles. The number of benzene rings is 2. The van der Waals surface area contributed by atoms with Crippen LogP contribution >= 0.6 is 0 Å². The summed E-state index contributed by atoms with van der Waals surface area (Å²) >= 11 is 0. The fraction of sp³-hybridized carbons (Fsp3) is 0.483. The number of aromatic nitrogens is 1. The van der Waals surface area contributed by atoms with Crippen LogP contribution in [0.15, 0.2) is 36.4 Å². The van der Waals surface area contributed by atoms with Gasteiger partial charge in [-0.1, -0.05) is 13.8 Å². The van der Waals surface area contributed by atoms with Crippen molar-refractivity contribution in [3.63, 3.8) is 0 Å². The highest BCUT2D eigenvalue weighted by Gasteiger charge is 2.40. The standard InChI is InChI=1S/C29H37N3O4/c1-17(2)28-21-15-20(36-16-27(33)30-23-10-7-19-8-12-24(23)32(19)3)9-11-22(21)31-29(28)18-6-13-25(34-4)26(14-18)35-5/h6,9,11,13-15,17,19,23-24,31H,7-8,10,12,16H2,1-5H3,(H,30,33)/t19-,23?,24-/m0/s1. The number of H-pyrrole nitrogens is 1. The van der Waals surface area contributed by atoms with E-state index in [1.807, 2.05) is 36.4 Å². The summed E-state index contributed by atoms with van der Waals surface area (Å²) in [7, 11) is 5.47. The molecule has 0 saturated carbocycles. The Bertz CT molecular complexity index is 1250. The van der Waals surface area contributed by atoms with E-state index in [0.717, 1.165) is 41.4 Å². The van der Waals surface area contributed by atoms with Gasteiger partial charge in [-0.3, -0.25) is 9.69 Å². The average Bonchev–Trinajstić information content (AvgIpc) is 3.37. The van der Waals surface area contributed by atoms with Gasteiger partial charge in [-0.05, 0) is 80.6 Å². The number of likely N-dealkylation sites (N-methyl/N-ethyl adjacent to an activating group) is 1. The Morgan fingerprint density at radius 1 is 1.06 bits per heavy atom. The van der Waals surface area contributed by atoms with Crippen molar-refractivity contribution in [2.75, 3.05) is 27.9 Å². The lowest BCUT2D eigenvalue weighted by atomic mass is 9.96. The maximum Gasteiger partial charge on any atom is 0.258 e. The number of ether oxygens (including phenoxy) is 3. The number of aromatic amines is 1. The molecule has 1 aromatic heterocycles. The molecule has 2 fully saturated rings. The lowest BCUT2D eigenvalue weighted by molar-refractivity contribution is -0.124. The maximum absolute atomic E-state index is 12.7. The smallest absolute Gasteiger partial charge is 0.258 e. The highest BCUT2D eigenvalue weighted by molar-refractivity contribution is 5.92. The maximum atomic E-state index is 12.7. The zero-order valence-electron chi connectivity index (χ0n) is 21.9. The van der Waals surface area contributed by atoms with Crippen molar-refractivity contribution < 1.29 is 19.0 Å². The Balaban J connectivity index is 1.34. The van der Waals surface area contributed by atoms with E-state index in [1.54, 1.807) is 14.2 Å². The molecule has 2 bridgehead atoms. The van der Waals surface area contributed by atoms with E-state index in [1.165, 1.54) is 12.0 Å². The zero-order chi connectivity index (χ0) is 25.4. The van der Waals surface area contributed by atoms with Crippen LogP contribution in [0.4, 0.5) is 0 Å². The number of carbonyl (C=O) groups excluding carboxylic acids is 1. The van der Waals surface area contributed by atoms with Crippen LogP contribution in [0.5, 0.6) is 17.2 Å². The van der Waals surface area contributed by atoms with E-state index < -0.39 is 0 Å². The number of rotatable bonds is 8. The molecule has 7 heteroatoms. The highest BCUT2D eigenvalue weighted by Crippen LogP contribution is 2.40. The molecule has 1 unspecified atom stereocenters. The quantitative estimate of drug-likeness (QED) is 0.459. The Labute approximate surface area is 213 Å². The van der Waals surface area contributed by atoms with Gasteiger partial charge in [0.25, 0.3) is 5.91 Å². The highest BCUT2D eigenvalue weighted by atomic mass is 16.5. The molecule has 2 saturated heterocycles. The monoisotopic (exact) mass is 491 g/mol. The summed E-state index contributed by atoms with van der Waals surface area (Å²) in [6, 6.07) is 13.3. The van der Waals surface area contributed by atoms with Crippen molar-refractivity contribution in [1.29, 1.82) is 0 Å². The van der Waals surface area contributed by atoms with Crippen LogP contribution in [-0.2, 0) is 4.79 Å². The lowest BCUT2D eigenvalue weighted by Gasteiger charge is -2.37. The third-order valence-corrected chi connectivity index (χ3v) is 7.95. The second-order valence-electron chi connectivity index (χ2n) is 10.3. The number of nitrogens with zero attached hydrogens (tertiary/aromatic N) is 1. The van der Waals surface area contributed by atoms with Gasteiger partial charge in [0.05, 0.1) is 19.9 Å². The Kier molecular flexibility index (Phi) is 6.84. The summed E-state index contributed by atoms with van der Waals surface area (Å²) < 4.78 is 16.9. The molecule has 5 rings (SSSR count). The summed E-state index contributed by atoms with van der Waals surface area (Å²) in [5, 5.41) is 4.32. The number of carbonyl (C=O) groups is 1. The van der Waals surface area contributed by atoms with Gasteiger partial charge < -0.3 is 24.5 Å². The predicted octanol–water partition coefficient (Wildman–Crippen LogP) is 5.10. The molecule has 2 aromatic carbocycles. The zero-order valence-corrected chi connectivity index (χ0v) is 21.9. The number of nitrogens with one attached hydrogen (secondary N) is 2. The van der Waals surface area contributed by atoms with Crippen LogP contribution in [0.3, 0.4) is 0 Å². The van der Waals surface area contributed by atoms with E-state index in [0.29, 0.717) is 29.3 Å². The molecule has 36 heavy (non-hydrogen) atoms. The predicted molar refractivity (Wildman–Crippen MR) is 142 cm³/mol. The van der Waals surface area contributed by atoms with E-state index in [9.17, 15) is 4.79 Å². The molecule has 2 aliphatic rings. The molecule has 7 nitrogen and oxygen atoms in total. The Hall–Kier alpha value is -3.19. The minimum atomic E-state index is -0.0528. The molecule has 0 spiro atoms. The first-order valence-corrected chi connectivity index (χ1v) is 12.9. The first kappa shape index (κ1) is 24.5. The Morgan fingerprint density at radius 2 is 1.83 bits per heavy atom. The SMILES string of the molecule is COc1ccc(-c2[nH]c3ccc(OCC(=O)NC4CC[C@H]5CC[C@@H]4N5C)cc3c2C(C)C)cc1OC. The average molecular weight is 492 g/mol. The fourth-order valence-corrected chi connectivity index (χ4v) is 6.10. The van der Waals surface area contributed by atoms with Gasteiger partial charge in [-0.2, -0.15) is 0 Å². The van der Waals surface area contributed by atoms with Crippen molar-refractivity contribution >= 4 is 16.8 Å². The van der Waals surface area contributed by atoms with Crippen molar-refractivity contribution in [3.8, 4) is 28.5 Å². The number of amides is 1. The summed E-state index contributed by atoms with van der Waals surface area (Å²) in [5.74, 6) is 2.31. The first-order valence-electron chi connectivity index (χ1n) is 12.9. The van der Waals surface area contributed by atoms with Gasteiger partial charge in [0, 0.05) is 34.6 Å². The van der Waals surface area contributed by atoms with Crippen LogP contribution < -0.4 is 19.5 Å². The molecule has 2 aliphatic heterocycles. The summed E-state index contributed by atoms with van der Waals surface area (Å²) in [6.45, 7) is 4.39. The molecular weight excluding hydrogens is 454 g/mol. The molecule has 1 amide bonds. The minimum absolute atomic E-state index is 0.0197. The fourth-order valence-electron chi connectivity index (χ4n) is 6.10. The minimum Gasteiger partial charge on any atom is -0.493 e. The van der Waals surface area contributed by atoms with Crippen LogP contribution in [0.2, 0.25) is 0 Å². The topological polar surface area (TPSA) is 75.8 Å². The van der Waals surface area contributed by atoms with Crippen LogP contribution in [0.1, 0.15) is 51.0 Å². The molecule has 3 heterocycles. The number of hydrogen-bond donors (Lipinski definition) is 2. The van der Waals surface area contributed by atoms with E-state index >= 15 is 0 Å². The van der Waals surface area contributed by atoms with E-state index in [2.05, 4.69) is 36.1 Å². The van der Waals surface area contributed by atoms with Crippen LogP contribution in [0, 0.1) is 0 Å². The van der Waals surface area contributed by atoms with E-state index in [-0.39, 0.29) is 24.5 Å². The third kappa shape index (κ3) is 4.52. The first-order chi connectivity index (χ1) is 17.4. The van der Waals surface area contributed by atoms with E-state index in [4.69, 9.17) is 14.2 Å². The molecule has 0 radical (unpaired) electrons. The summed E-state index contributed by atoms with van der Waals surface area (Å²) in [4.78, 5) is 18.7. The Morgan fingerprint density at radius 3 is 2.58 bits per heavy atom. The molecule has 3 atom stereocenters. The van der Waals surface area contributed by atoms with Crippen molar-refractivity contribution in [3.05, 3.63) is 42.0 Å². The van der Waals surface area contributed by atoms with Crippen LogP contribution in [0.25, 0.3) is 22.2 Å². The van der Waals surface area contributed by atoms with Gasteiger partial charge in [0.15, 0.2) is 18.1 Å². The number of piperidine rings is 1. The van der Waals surface area contributed by atoms with Gasteiger partial charge in [0.2, 0.25) is 0 Å². The largest absolute Gasteiger partial charge is 0.493 e. The van der Waals surface area contributed by atoms with Crippen LogP contribution in [-0.4, -0.2) is 61.8 Å². The number of fused-ring (bicyclic) bond motifs is 3. The van der Waals surface area contributed by atoms with Crippen molar-refractivity contribution in [2.45, 2.75) is 63.6 Å². The van der Waals surface area contributed by atoms with Gasteiger partial charge in [-0.25, -0.2) is 0 Å². The second kappa shape index (κ2) is 10.1. The normalized spacial score (nSPS) is 21.7. The summed E-state index contributed by atoms with van der Waals surface area (Å²) in [6.07, 6.45) is 4.61. The number of hydrogen-bond acceptors (Lipinski definition) is 5. The van der Waals surface area contributed by atoms with Crippen molar-refractivity contribution in [2.24, 2.45) is 0 Å². The summed E-state index contributed by atoms with van der Waals surface area (Å²) in [5.41, 5.74) is 4.31. The van der Waals surface area contributed by atoms with Crippen molar-refractivity contribution in [1.82, 2.24) is 15.2 Å². The third-order valence-electron chi connectivity index (χ3n) is 7.95. The number of methoxy groups -OCH3 is 2. The molecule has 2 N–H and O–H groups in total. The molecular formula is C29H37N3O4. The second-order valence-corrected chi connectivity index (χ2v) is 10.3. The molecule has 3 aromatic rings. The molecule has 192 valence electrons. The lowest BCUT2D eigenvalue weighted by Crippen LogP contribution is -2.53.